The molecule has 4 nitrogen and oxygen atoms in total. The molecule has 124 valence electrons. The molecule has 1 aromatic carbocycles. The highest BCUT2D eigenvalue weighted by molar-refractivity contribution is 7.89. The molecule has 0 spiro atoms. The summed E-state index contributed by atoms with van der Waals surface area (Å²) in [6.07, 6.45) is 2.22. The van der Waals surface area contributed by atoms with Gasteiger partial charge in [-0.25, -0.2) is 13.1 Å². The van der Waals surface area contributed by atoms with Crippen LogP contribution in [0.25, 0.3) is 0 Å². The fourth-order valence-electron chi connectivity index (χ4n) is 2.97. The highest BCUT2D eigenvalue weighted by Gasteiger charge is 2.25. The Labute approximate surface area is 135 Å². The molecule has 1 aromatic rings. The molecule has 0 aromatic heterocycles. The first-order chi connectivity index (χ1) is 10.2. The molecule has 0 saturated carbocycles. The SMILES string of the molecule is CCN1CCCC1CNS(=O)(=O)c1ccc(C(C)(C)C)cc1. The van der Waals surface area contributed by atoms with Crippen molar-refractivity contribution in [3.63, 3.8) is 0 Å². The summed E-state index contributed by atoms with van der Waals surface area (Å²) in [6.45, 7) is 11.0. The highest BCUT2D eigenvalue weighted by Crippen LogP contribution is 2.23. The summed E-state index contributed by atoms with van der Waals surface area (Å²) < 4.78 is 27.6. The highest BCUT2D eigenvalue weighted by atomic mass is 32.2. The lowest BCUT2D eigenvalue weighted by atomic mass is 9.87. The van der Waals surface area contributed by atoms with Gasteiger partial charge in [-0.1, -0.05) is 39.8 Å². The molecule has 5 heteroatoms. The van der Waals surface area contributed by atoms with E-state index in [9.17, 15) is 8.42 Å². The van der Waals surface area contributed by atoms with Gasteiger partial charge in [-0.15, -0.1) is 0 Å². The molecule has 1 aliphatic rings. The van der Waals surface area contributed by atoms with Crippen molar-refractivity contribution in [3.05, 3.63) is 29.8 Å². The van der Waals surface area contributed by atoms with Crippen molar-refractivity contribution in [2.45, 2.75) is 56.9 Å². The van der Waals surface area contributed by atoms with Gasteiger partial charge in [0.1, 0.15) is 0 Å². The van der Waals surface area contributed by atoms with Crippen molar-refractivity contribution in [1.29, 1.82) is 0 Å². The van der Waals surface area contributed by atoms with E-state index < -0.39 is 10.0 Å². The Morgan fingerprint density at radius 1 is 1.23 bits per heavy atom. The average Bonchev–Trinajstić information content (AvgIpc) is 2.92. The van der Waals surface area contributed by atoms with Crippen LogP contribution in [0, 0.1) is 0 Å². The third-order valence-corrected chi connectivity index (χ3v) is 5.88. The predicted molar refractivity (Wildman–Crippen MR) is 90.6 cm³/mol. The number of hydrogen-bond acceptors (Lipinski definition) is 3. The van der Waals surface area contributed by atoms with E-state index in [1.54, 1.807) is 12.1 Å². The van der Waals surface area contributed by atoms with Gasteiger partial charge in [0.25, 0.3) is 0 Å². The zero-order valence-corrected chi connectivity index (χ0v) is 14.9. The molecule has 1 heterocycles. The standard InChI is InChI=1S/C17H28N2O2S/c1-5-19-12-6-7-15(19)13-18-22(20,21)16-10-8-14(9-11-16)17(2,3)4/h8-11,15,18H,5-7,12-13H2,1-4H3. The van der Waals surface area contributed by atoms with Crippen molar-refractivity contribution in [1.82, 2.24) is 9.62 Å². The van der Waals surface area contributed by atoms with Gasteiger partial charge in [-0.3, -0.25) is 4.90 Å². The molecule has 0 amide bonds. The Morgan fingerprint density at radius 3 is 2.41 bits per heavy atom. The molecule has 0 aliphatic carbocycles. The van der Waals surface area contributed by atoms with Crippen molar-refractivity contribution in [2.75, 3.05) is 19.6 Å². The number of sulfonamides is 1. The van der Waals surface area contributed by atoms with E-state index in [4.69, 9.17) is 0 Å². The lowest BCUT2D eigenvalue weighted by Crippen LogP contribution is -2.40. The van der Waals surface area contributed by atoms with Crippen molar-refractivity contribution < 1.29 is 8.42 Å². The van der Waals surface area contributed by atoms with E-state index in [1.807, 2.05) is 12.1 Å². The third-order valence-electron chi connectivity index (χ3n) is 4.44. The molecule has 1 N–H and O–H groups in total. The minimum Gasteiger partial charge on any atom is -0.299 e. The molecule has 1 fully saturated rings. The van der Waals surface area contributed by atoms with E-state index in [-0.39, 0.29) is 5.41 Å². The summed E-state index contributed by atoms with van der Waals surface area (Å²) in [6, 6.07) is 7.54. The monoisotopic (exact) mass is 324 g/mol. The number of nitrogens with one attached hydrogen (secondary N) is 1. The summed E-state index contributed by atoms with van der Waals surface area (Å²) >= 11 is 0. The van der Waals surface area contributed by atoms with E-state index >= 15 is 0 Å². The van der Waals surface area contributed by atoms with Crippen LogP contribution in [0.1, 0.15) is 46.1 Å². The van der Waals surface area contributed by atoms with Crippen LogP contribution in [0.15, 0.2) is 29.2 Å². The van der Waals surface area contributed by atoms with Crippen LogP contribution >= 0.6 is 0 Å². The summed E-state index contributed by atoms with van der Waals surface area (Å²) in [4.78, 5) is 2.69. The fourth-order valence-corrected chi connectivity index (χ4v) is 4.04. The molecule has 0 bridgehead atoms. The van der Waals surface area contributed by atoms with Crippen molar-refractivity contribution >= 4 is 10.0 Å². The summed E-state index contributed by atoms with van der Waals surface area (Å²) in [5.74, 6) is 0. The average molecular weight is 324 g/mol. The fraction of sp³-hybridized carbons (Fsp3) is 0.647. The molecule has 22 heavy (non-hydrogen) atoms. The first-order valence-electron chi connectivity index (χ1n) is 8.08. The Bertz CT molecular complexity index is 588. The predicted octanol–water partition coefficient (Wildman–Crippen LogP) is 2.75. The Balaban J connectivity index is 2.04. The lowest BCUT2D eigenvalue weighted by molar-refractivity contribution is 0.268. The number of benzene rings is 1. The minimum atomic E-state index is -3.42. The van der Waals surface area contributed by atoms with E-state index in [1.165, 1.54) is 0 Å². The molecule has 1 saturated heterocycles. The maximum Gasteiger partial charge on any atom is 0.240 e. The number of likely N-dealkylation sites (tertiary alicyclic amines) is 1. The minimum absolute atomic E-state index is 0.0290. The molecule has 0 radical (unpaired) electrons. The van der Waals surface area contributed by atoms with Crippen LogP contribution < -0.4 is 4.72 Å². The zero-order valence-electron chi connectivity index (χ0n) is 14.1. The maximum atomic E-state index is 12.4. The van der Waals surface area contributed by atoms with Crippen molar-refractivity contribution in [2.24, 2.45) is 0 Å². The van der Waals surface area contributed by atoms with Gasteiger partial charge in [0.2, 0.25) is 10.0 Å². The van der Waals surface area contributed by atoms with Gasteiger partial charge in [-0.2, -0.15) is 0 Å². The van der Waals surface area contributed by atoms with Crippen LogP contribution in [0.4, 0.5) is 0 Å². The van der Waals surface area contributed by atoms with Gasteiger partial charge >= 0.3 is 0 Å². The van der Waals surface area contributed by atoms with E-state index in [2.05, 4.69) is 37.3 Å². The smallest absolute Gasteiger partial charge is 0.240 e. The van der Waals surface area contributed by atoms with Gasteiger partial charge in [0.05, 0.1) is 4.90 Å². The summed E-state index contributed by atoms with van der Waals surface area (Å²) in [5, 5.41) is 0. The van der Waals surface area contributed by atoms with E-state index in [0.29, 0.717) is 17.5 Å². The first kappa shape index (κ1) is 17.4. The quantitative estimate of drug-likeness (QED) is 0.906. The van der Waals surface area contributed by atoms with Crippen LogP contribution in [-0.4, -0.2) is 39.0 Å². The van der Waals surface area contributed by atoms with Gasteiger partial charge in [0, 0.05) is 12.6 Å². The molecule has 1 atom stereocenters. The van der Waals surface area contributed by atoms with Gasteiger partial charge in [-0.05, 0) is 49.0 Å². The van der Waals surface area contributed by atoms with Crippen LogP contribution in [0.5, 0.6) is 0 Å². The molecule has 2 rings (SSSR count). The number of nitrogens with zero attached hydrogens (tertiary/aromatic N) is 1. The lowest BCUT2D eigenvalue weighted by Gasteiger charge is -2.23. The Kier molecular flexibility index (Phi) is 5.30. The second-order valence-corrected chi connectivity index (χ2v) is 8.82. The maximum absolute atomic E-state index is 12.4. The van der Waals surface area contributed by atoms with Crippen LogP contribution in [-0.2, 0) is 15.4 Å². The largest absolute Gasteiger partial charge is 0.299 e. The number of hydrogen-bond donors (Lipinski definition) is 1. The van der Waals surface area contributed by atoms with Crippen LogP contribution in [0.2, 0.25) is 0 Å². The van der Waals surface area contributed by atoms with Gasteiger partial charge < -0.3 is 0 Å². The third kappa shape index (κ3) is 4.09. The molecule has 1 aliphatic heterocycles. The summed E-state index contributed by atoms with van der Waals surface area (Å²) in [5.41, 5.74) is 1.17. The Morgan fingerprint density at radius 2 is 1.86 bits per heavy atom. The first-order valence-corrected chi connectivity index (χ1v) is 9.56. The number of rotatable bonds is 5. The summed E-state index contributed by atoms with van der Waals surface area (Å²) in [7, 11) is -3.42. The normalized spacial score (nSPS) is 20.5. The number of likely N-dealkylation sites (N-methyl/N-ethyl adjacent to an activating group) is 1. The molecular weight excluding hydrogens is 296 g/mol. The second kappa shape index (κ2) is 6.69. The zero-order chi connectivity index (χ0) is 16.4. The topological polar surface area (TPSA) is 49.4 Å². The Hall–Kier alpha value is -0.910. The van der Waals surface area contributed by atoms with Crippen LogP contribution in [0.3, 0.4) is 0 Å². The van der Waals surface area contributed by atoms with Crippen molar-refractivity contribution in [3.8, 4) is 0 Å². The second-order valence-electron chi connectivity index (χ2n) is 7.05. The van der Waals surface area contributed by atoms with E-state index in [0.717, 1.165) is 31.5 Å². The molecule has 1 unspecified atom stereocenters. The van der Waals surface area contributed by atoms with Gasteiger partial charge in [0.15, 0.2) is 0 Å². The molecular formula is C17H28N2O2S.